The number of rotatable bonds is 2. The average Bonchev–Trinajstić information content (AvgIpc) is 2.45. The first kappa shape index (κ1) is 16.7. The number of carbonyl (C=O) groups is 1. The molecule has 1 aliphatic heterocycles. The summed E-state index contributed by atoms with van der Waals surface area (Å²) in [6.07, 6.45) is 0.562. The number of likely N-dealkylation sites (N-methyl/N-ethyl adjacent to an activating group) is 1. The number of piperidine rings is 1. The number of amides is 1. The van der Waals surface area contributed by atoms with Crippen LogP contribution in [0.15, 0.2) is 24.3 Å². The zero-order valence-corrected chi connectivity index (χ0v) is 13.7. The first-order valence-electron chi connectivity index (χ1n) is 7.71. The Morgan fingerprint density at radius 3 is 2.50 bits per heavy atom. The Balaban J connectivity index is 2.13. The third-order valence-corrected chi connectivity index (χ3v) is 3.93. The van der Waals surface area contributed by atoms with Gasteiger partial charge in [0.15, 0.2) is 0 Å². The molecule has 122 valence electrons. The highest BCUT2D eigenvalue weighted by atomic mass is 19.1. The van der Waals surface area contributed by atoms with E-state index in [2.05, 4.69) is 5.32 Å². The van der Waals surface area contributed by atoms with E-state index in [9.17, 15) is 9.18 Å². The summed E-state index contributed by atoms with van der Waals surface area (Å²) in [5, 5.41) is 3.30. The number of hydrogen-bond acceptors (Lipinski definition) is 3. The highest BCUT2D eigenvalue weighted by molar-refractivity contribution is 5.68. The minimum atomic E-state index is -0.498. The van der Waals surface area contributed by atoms with Gasteiger partial charge in [0, 0.05) is 25.0 Å². The molecule has 4 nitrogen and oxygen atoms in total. The van der Waals surface area contributed by atoms with Gasteiger partial charge in [0.2, 0.25) is 0 Å². The molecule has 0 aromatic heterocycles. The van der Waals surface area contributed by atoms with Crippen molar-refractivity contribution in [3.8, 4) is 0 Å². The Labute approximate surface area is 131 Å². The van der Waals surface area contributed by atoms with Gasteiger partial charge >= 0.3 is 6.09 Å². The second-order valence-corrected chi connectivity index (χ2v) is 6.77. The first-order valence-corrected chi connectivity index (χ1v) is 7.71. The number of halogens is 1. The quantitative estimate of drug-likeness (QED) is 0.912. The van der Waals surface area contributed by atoms with Crippen LogP contribution in [0.1, 0.15) is 38.7 Å². The van der Waals surface area contributed by atoms with E-state index in [0.717, 1.165) is 12.0 Å². The molecular formula is C17H25FN2O2. The second-order valence-electron chi connectivity index (χ2n) is 6.77. The number of carbonyl (C=O) groups excluding carboxylic acids is 1. The molecular weight excluding hydrogens is 283 g/mol. The van der Waals surface area contributed by atoms with Crippen LogP contribution in [0.4, 0.5) is 9.18 Å². The number of nitrogens with zero attached hydrogens (tertiary/aromatic N) is 1. The molecule has 1 fully saturated rings. The van der Waals surface area contributed by atoms with Crippen LogP contribution >= 0.6 is 0 Å². The van der Waals surface area contributed by atoms with Crippen LogP contribution in [0.2, 0.25) is 0 Å². The number of nitrogens with one attached hydrogen (secondary N) is 1. The van der Waals surface area contributed by atoms with Crippen LogP contribution in [0.5, 0.6) is 0 Å². The van der Waals surface area contributed by atoms with Gasteiger partial charge in [-0.05, 0) is 51.9 Å². The SMILES string of the molecule is CN[C@H]1CCN(C(=O)OC(C)(C)C)C[C@@H]1c1ccc(F)cc1. The lowest BCUT2D eigenvalue weighted by Crippen LogP contribution is -2.50. The lowest BCUT2D eigenvalue weighted by atomic mass is 9.86. The Morgan fingerprint density at radius 2 is 1.95 bits per heavy atom. The van der Waals surface area contributed by atoms with Crippen LogP contribution in [0, 0.1) is 5.82 Å². The molecule has 0 unspecified atom stereocenters. The maximum absolute atomic E-state index is 13.1. The Hall–Kier alpha value is -1.62. The van der Waals surface area contributed by atoms with Crippen LogP contribution < -0.4 is 5.32 Å². The smallest absolute Gasteiger partial charge is 0.410 e. The molecule has 0 bridgehead atoms. The van der Waals surface area contributed by atoms with Crippen molar-refractivity contribution in [2.75, 3.05) is 20.1 Å². The summed E-state index contributed by atoms with van der Waals surface area (Å²) in [5.41, 5.74) is 0.538. The fourth-order valence-electron chi connectivity index (χ4n) is 2.84. The molecule has 2 rings (SSSR count). The van der Waals surface area contributed by atoms with Gasteiger partial charge in [-0.3, -0.25) is 0 Å². The minimum absolute atomic E-state index is 0.131. The highest BCUT2D eigenvalue weighted by Gasteiger charge is 2.33. The first-order chi connectivity index (χ1) is 10.3. The topological polar surface area (TPSA) is 41.6 Å². The highest BCUT2D eigenvalue weighted by Crippen LogP contribution is 2.28. The zero-order valence-electron chi connectivity index (χ0n) is 13.7. The van der Waals surface area contributed by atoms with Gasteiger partial charge in [-0.15, -0.1) is 0 Å². The molecule has 22 heavy (non-hydrogen) atoms. The molecule has 1 heterocycles. The number of likely N-dealkylation sites (tertiary alicyclic amines) is 1. The van der Waals surface area contributed by atoms with Crippen molar-refractivity contribution in [1.82, 2.24) is 10.2 Å². The lowest BCUT2D eigenvalue weighted by molar-refractivity contribution is 0.0178. The van der Waals surface area contributed by atoms with Gasteiger partial charge in [0.25, 0.3) is 0 Å². The molecule has 1 saturated heterocycles. The van der Waals surface area contributed by atoms with E-state index < -0.39 is 5.60 Å². The van der Waals surface area contributed by atoms with Gasteiger partial charge in [-0.1, -0.05) is 12.1 Å². The van der Waals surface area contributed by atoms with E-state index in [0.29, 0.717) is 13.1 Å². The molecule has 1 aromatic carbocycles. The fraction of sp³-hybridized carbons (Fsp3) is 0.588. The van der Waals surface area contributed by atoms with Crippen molar-refractivity contribution in [1.29, 1.82) is 0 Å². The summed E-state index contributed by atoms with van der Waals surface area (Å²) >= 11 is 0. The predicted molar refractivity (Wildman–Crippen MR) is 84.4 cm³/mol. The predicted octanol–water partition coefficient (Wildman–Crippen LogP) is 3.14. The Kier molecular flexibility index (Phi) is 5.06. The minimum Gasteiger partial charge on any atom is -0.444 e. The molecule has 1 aliphatic rings. The van der Waals surface area contributed by atoms with Crippen molar-refractivity contribution < 1.29 is 13.9 Å². The molecule has 0 aliphatic carbocycles. The Bertz CT molecular complexity index is 510. The van der Waals surface area contributed by atoms with Gasteiger partial charge in [0.05, 0.1) is 0 Å². The molecule has 0 radical (unpaired) electrons. The van der Waals surface area contributed by atoms with Crippen molar-refractivity contribution in [3.05, 3.63) is 35.6 Å². The Morgan fingerprint density at radius 1 is 1.32 bits per heavy atom. The largest absolute Gasteiger partial charge is 0.444 e. The van der Waals surface area contributed by atoms with E-state index >= 15 is 0 Å². The van der Waals surface area contributed by atoms with E-state index in [1.165, 1.54) is 12.1 Å². The van der Waals surface area contributed by atoms with Gasteiger partial charge in [0.1, 0.15) is 11.4 Å². The van der Waals surface area contributed by atoms with E-state index in [-0.39, 0.29) is 23.9 Å². The number of benzene rings is 1. The number of ether oxygens (including phenoxy) is 1. The van der Waals surface area contributed by atoms with Gasteiger partial charge in [-0.25, -0.2) is 9.18 Å². The normalized spacial score (nSPS) is 22.5. The molecule has 0 spiro atoms. The molecule has 0 saturated carbocycles. The molecule has 1 amide bonds. The third kappa shape index (κ3) is 4.19. The summed E-state index contributed by atoms with van der Waals surface area (Å²) in [6.45, 7) is 6.83. The van der Waals surface area contributed by atoms with Crippen molar-refractivity contribution in [3.63, 3.8) is 0 Å². The second kappa shape index (κ2) is 6.65. The van der Waals surface area contributed by atoms with Gasteiger partial charge in [-0.2, -0.15) is 0 Å². The monoisotopic (exact) mass is 308 g/mol. The average molecular weight is 308 g/mol. The summed E-state index contributed by atoms with van der Waals surface area (Å²) in [4.78, 5) is 14.0. The summed E-state index contributed by atoms with van der Waals surface area (Å²) in [5.74, 6) is -0.114. The van der Waals surface area contributed by atoms with Crippen molar-refractivity contribution in [2.24, 2.45) is 0 Å². The van der Waals surface area contributed by atoms with Crippen molar-refractivity contribution in [2.45, 2.75) is 44.8 Å². The summed E-state index contributed by atoms with van der Waals surface area (Å²) in [7, 11) is 1.92. The fourth-order valence-corrected chi connectivity index (χ4v) is 2.84. The standard InChI is InChI=1S/C17H25FN2O2/c1-17(2,3)22-16(21)20-10-9-15(19-4)14(11-20)12-5-7-13(18)8-6-12/h5-8,14-15,19H,9-11H2,1-4H3/t14-,15+/m1/s1. The summed E-state index contributed by atoms with van der Waals surface area (Å²) in [6, 6.07) is 6.79. The van der Waals surface area contributed by atoms with Crippen LogP contribution in [-0.4, -0.2) is 42.8 Å². The van der Waals surface area contributed by atoms with Crippen LogP contribution in [-0.2, 0) is 4.74 Å². The van der Waals surface area contributed by atoms with Crippen molar-refractivity contribution >= 4 is 6.09 Å². The molecule has 5 heteroatoms. The van der Waals surface area contributed by atoms with Gasteiger partial charge < -0.3 is 15.0 Å². The molecule has 1 aromatic rings. The summed E-state index contributed by atoms with van der Waals surface area (Å²) < 4.78 is 18.6. The van der Waals surface area contributed by atoms with E-state index in [4.69, 9.17) is 4.74 Å². The lowest BCUT2D eigenvalue weighted by Gasteiger charge is -2.39. The third-order valence-electron chi connectivity index (χ3n) is 3.93. The number of hydrogen-bond donors (Lipinski definition) is 1. The molecule has 1 N–H and O–H groups in total. The van der Waals surface area contributed by atoms with Crippen LogP contribution in [0.3, 0.4) is 0 Å². The molecule has 2 atom stereocenters. The maximum Gasteiger partial charge on any atom is 0.410 e. The zero-order chi connectivity index (χ0) is 16.3. The maximum atomic E-state index is 13.1. The van der Waals surface area contributed by atoms with E-state index in [1.807, 2.05) is 27.8 Å². The van der Waals surface area contributed by atoms with E-state index in [1.54, 1.807) is 17.0 Å². The van der Waals surface area contributed by atoms with Crippen LogP contribution in [0.25, 0.3) is 0 Å².